The molecule has 0 unspecified atom stereocenters. The van der Waals surface area contributed by atoms with Gasteiger partial charge < -0.3 is 25.3 Å². The van der Waals surface area contributed by atoms with E-state index in [1.165, 1.54) is 18.5 Å². The Balaban J connectivity index is 1.46. The van der Waals surface area contributed by atoms with Crippen LogP contribution in [0.4, 0.5) is 41.0 Å². The smallest absolute Gasteiger partial charge is 0.391 e. The molecule has 0 saturated carbocycles. The Morgan fingerprint density at radius 2 is 1.86 bits per heavy atom. The van der Waals surface area contributed by atoms with Crippen molar-refractivity contribution in [1.82, 2.24) is 24.7 Å². The summed E-state index contributed by atoms with van der Waals surface area (Å²) >= 11 is 0. The molecule has 4 atom stereocenters. The van der Waals surface area contributed by atoms with Gasteiger partial charge in [0.15, 0.2) is 5.82 Å². The van der Waals surface area contributed by atoms with E-state index in [4.69, 9.17) is 0 Å². The lowest BCUT2D eigenvalue weighted by Crippen LogP contribution is -2.45. The second-order valence-corrected chi connectivity index (χ2v) is 9.15. The summed E-state index contributed by atoms with van der Waals surface area (Å²) in [5.74, 6) is 1.18. The van der Waals surface area contributed by atoms with E-state index < -0.39 is 30.6 Å². The number of nitrogens with one attached hydrogen (secondary N) is 1. The molecule has 194 valence electrons. The highest BCUT2D eigenvalue weighted by Gasteiger charge is 2.40. The second-order valence-electron chi connectivity index (χ2n) is 9.15. The normalized spacial score (nSPS) is 23.9. The first-order chi connectivity index (χ1) is 17.1. The van der Waals surface area contributed by atoms with Crippen LogP contribution in [0.2, 0.25) is 0 Å². The molecule has 10 nitrogen and oxygen atoms in total. The van der Waals surface area contributed by atoms with E-state index in [1.807, 2.05) is 0 Å². The summed E-state index contributed by atoms with van der Waals surface area (Å²) in [4.78, 5) is 16.3. The fourth-order valence-corrected chi connectivity index (χ4v) is 4.46. The van der Waals surface area contributed by atoms with E-state index in [-0.39, 0.29) is 36.8 Å². The number of anilines is 4. The number of aliphatic hydroxyl groups excluding tert-OH is 2. The number of nitrogens with zero attached hydrogens (tertiary/aromatic N) is 7. The van der Waals surface area contributed by atoms with Crippen LogP contribution < -0.4 is 15.1 Å². The molecule has 5 heterocycles. The number of alkyl halides is 4. The summed E-state index contributed by atoms with van der Waals surface area (Å²) in [5, 5.41) is 27.2. The minimum Gasteiger partial charge on any atom is -0.391 e. The van der Waals surface area contributed by atoms with Crippen LogP contribution in [0.1, 0.15) is 25.8 Å². The van der Waals surface area contributed by atoms with Gasteiger partial charge in [-0.05, 0) is 25.8 Å². The fraction of sp³-hybridized carbons (Fsp3) is 0.545. The molecule has 0 amide bonds. The van der Waals surface area contributed by atoms with Crippen LogP contribution in [0.15, 0.2) is 24.5 Å². The van der Waals surface area contributed by atoms with Gasteiger partial charge in [-0.15, -0.1) is 0 Å². The Hall–Kier alpha value is -3.26. The third kappa shape index (κ3) is 4.74. The van der Waals surface area contributed by atoms with E-state index in [0.717, 1.165) is 11.6 Å². The summed E-state index contributed by atoms with van der Waals surface area (Å²) in [7, 11) is 0. The largest absolute Gasteiger partial charge is 0.410 e. The highest BCUT2D eigenvalue weighted by molar-refractivity contribution is 5.92. The Kier molecular flexibility index (Phi) is 6.32. The van der Waals surface area contributed by atoms with E-state index in [1.54, 1.807) is 15.9 Å². The molecular formula is C22H26F4N8O2. The number of β-amino-alcohol motifs (C(OH)–C–C–N with tert-alkyl or cyclic N) is 1. The van der Waals surface area contributed by atoms with Crippen molar-refractivity contribution in [1.29, 1.82) is 0 Å². The Morgan fingerprint density at radius 3 is 2.56 bits per heavy atom. The van der Waals surface area contributed by atoms with Crippen molar-refractivity contribution >= 4 is 34.3 Å². The number of halogens is 4. The van der Waals surface area contributed by atoms with Gasteiger partial charge in [0.2, 0.25) is 5.95 Å². The lowest BCUT2D eigenvalue weighted by Gasteiger charge is -2.32. The first-order valence-corrected chi connectivity index (χ1v) is 11.7. The van der Waals surface area contributed by atoms with Crippen molar-refractivity contribution < 1.29 is 27.8 Å². The average Bonchev–Trinajstić information content (AvgIpc) is 3.43. The monoisotopic (exact) mass is 510 g/mol. The van der Waals surface area contributed by atoms with Gasteiger partial charge in [0, 0.05) is 38.1 Å². The van der Waals surface area contributed by atoms with Crippen LogP contribution in [-0.2, 0) is 0 Å². The molecule has 0 spiro atoms. The number of aliphatic hydroxyl groups is 2. The quantitative estimate of drug-likeness (QED) is 0.446. The van der Waals surface area contributed by atoms with Crippen molar-refractivity contribution in [3.63, 3.8) is 0 Å². The van der Waals surface area contributed by atoms with Crippen molar-refractivity contribution in [2.24, 2.45) is 0 Å². The summed E-state index contributed by atoms with van der Waals surface area (Å²) in [6, 6.07) is 1.15. The highest BCUT2D eigenvalue weighted by atomic mass is 19.4. The van der Waals surface area contributed by atoms with Crippen molar-refractivity contribution in [3.8, 4) is 0 Å². The molecule has 2 aliphatic rings. The van der Waals surface area contributed by atoms with E-state index in [9.17, 15) is 27.8 Å². The van der Waals surface area contributed by atoms with E-state index >= 15 is 0 Å². The third-order valence-corrected chi connectivity index (χ3v) is 6.56. The van der Waals surface area contributed by atoms with Gasteiger partial charge in [-0.3, -0.25) is 4.68 Å². The maximum absolute atomic E-state index is 14.0. The number of rotatable bonds is 5. The number of aromatic nitrogens is 5. The van der Waals surface area contributed by atoms with Crippen LogP contribution >= 0.6 is 0 Å². The molecular weight excluding hydrogens is 484 g/mol. The zero-order valence-corrected chi connectivity index (χ0v) is 19.4. The summed E-state index contributed by atoms with van der Waals surface area (Å²) in [6.45, 7) is 2.14. The number of hydrogen-bond acceptors (Lipinski definition) is 9. The molecule has 0 aromatic carbocycles. The standard InChI is InChI=1S/C22H26F4N8O2/c1-12(22(24,25)26)34-16-8-19(28-9-14(16)20(31-34)32-6-3-13(35)10-32)29-18-2-5-27-21(30-18)33-7-4-17(36)15(23)11-33/h2,5,8-9,12-13,15,17,35-36H,3-4,6-7,10-11H2,1H3,(H,27,28,29,30)/t12-,13+,15+,17-/m0/s1. The molecule has 2 fully saturated rings. The molecule has 3 N–H and O–H groups in total. The van der Waals surface area contributed by atoms with Crippen molar-refractivity contribution in [2.45, 2.75) is 50.4 Å². The zero-order valence-electron chi connectivity index (χ0n) is 19.4. The highest BCUT2D eigenvalue weighted by Crippen LogP contribution is 2.37. The molecule has 14 heteroatoms. The lowest BCUT2D eigenvalue weighted by molar-refractivity contribution is -0.164. The van der Waals surface area contributed by atoms with Gasteiger partial charge in [0.25, 0.3) is 0 Å². The molecule has 5 rings (SSSR count). The number of fused-ring (bicyclic) bond motifs is 1. The fourth-order valence-electron chi connectivity index (χ4n) is 4.46. The molecule has 2 aliphatic heterocycles. The number of hydrogen-bond donors (Lipinski definition) is 3. The van der Waals surface area contributed by atoms with Crippen LogP contribution in [0.3, 0.4) is 0 Å². The van der Waals surface area contributed by atoms with Gasteiger partial charge in [-0.1, -0.05) is 0 Å². The van der Waals surface area contributed by atoms with Gasteiger partial charge in [-0.25, -0.2) is 14.4 Å². The summed E-state index contributed by atoms with van der Waals surface area (Å²) in [6.07, 6.45) is -3.83. The minimum atomic E-state index is -4.52. The zero-order chi connectivity index (χ0) is 25.6. The first kappa shape index (κ1) is 24.4. The van der Waals surface area contributed by atoms with Crippen LogP contribution in [0, 0.1) is 0 Å². The van der Waals surface area contributed by atoms with Gasteiger partial charge in [0.1, 0.15) is 23.8 Å². The topological polar surface area (TPSA) is 115 Å². The van der Waals surface area contributed by atoms with Gasteiger partial charge in [0.05, 0.1) is 29.7 Å². The Morgan fingerprint density at radius 1 is 1.08 bits per heavy atom. The third-order valence-electron chi connectivity index (χ3n) is 6.56. The van der Waals surface area contributed by atoms with E-state index in [0.29, 0.717) is 36.5 Å². The van der Waals surface area contributed by atoms with Crippen molar-refractivity contribution in [2.75, 3.05) is 41.3 Å². The van der Waals surface area contributed by atoms with Crippen LogP contribution in [0.5, 0.6) is 0 Å². The van der Waals surface area contributed by atoms with Crippen molar-refractivity contribution in [3.05, 3.63) is 24.5 Å². The van der Waals surface area contributed by atoms with E-state index in [2.05, 4.69) is 25.4 Å². The number of pyridine rings is 1. The Labute approximate surface area is 203 Å². The lowest BCUT2D eigenvalue weighted by atomic mass is 10.1. The molecule has 3 aromatic rings. The predicted molar refractivity (Wildman–Crippen MR) is 124 cm³/mol. The second kappa shape index (κ2) is 9.32. The molecule has 3 aromatic heterocycles. The maximum atomic E-state index is 14.0. The molecule has 0 bridgehead atoms. The molecule has 0 aliphatic carbocycles. The molecule has 36 heavy (non-hydrogen) atoms. The first-order valence-electron chi connectivity index (χ1n) is 11.7. The number of piperidine rings is 1. The van der Waals surface area contributed by atoms with Gasteiger partial charge in [-0.2, -0.15) is 23.3 Å². The maximum Gasteiger partial charge on any atom is 0.410 e. The average molecular weight is 510 g/mol. The minimum absolute atomic E-state index is 0.0443. The predicted octanol–water partition coefficient (Wildman–Crippen LogP) is 2.57. The van der Waals surface area contributed by atoms with Crippen LogP contribution in [-0.4, -0.2) is 85.7 Å². The summed E-state index contributed by atoms with van der Waals surface area (Å²) in [5.41, 5.74) is 0.230. The SMILES string of the molecule is C[C@H](n1nc(N2CC[C@@H](O)C2)c2cnc(Nc3ccnc(N4CC[C@H](O)[C@H](F)C4)n3)cc21)C(F)(F)F. The Bertz CT molecular complexity index is 1240. The molecule has 2 saturated heterocycles. The molecule has 0 radical (unpaired) electrons. The van der Waals surface area contributed by atoms with Crippen LogP contribution in [0.25, 0.3) is 10.9 Å². The van der Waals surface area contributed by atoms with Gasteiger partial charge >= 0.3 is 6.18 Å². The summed E-state index contributed by atoms with van der Waals surface area (Å²) < 4.78 is 55.7.